The predicted molar refractivity (Wildman–Crippen MR) is 103 cm³/mol. The van der Waals surface area contributed by atoms with Gasteiger partial charge in [0.15, 0.2) is 0 Å². The molecule has 3 amide bonds. The number of anilines is 1. The molecule has 0 aromatic heterocycles. The Labute approximate surface area is 160 Å². The summed E-state index contributed by atoms with van der Waals surface area (Å²) in [6.07, 6.45) is 3.65. The molecule has 2 aliphatic heterocycles. The predicted octanol–water partition coefficient (Wildman–Crippen LogP) is 2.69. The summed E-state index contributed by atoms with van der Waals surface area (Å²) >= 11 is 0. The minimum absolute atomic E-state index is 0.0300. The highest BCUT2D eigenvalue weighted by atomic mass is 16.5. The van der Waals surface area contributed by atoms with Gasteiger partial charge in [0.05, 0.1) is 24.5 Å². The molecule has 1 aromatic carbocycles. The molecule has 7 nitrogen and oxygen atoms in total. The number of likely N-dealkylation sites (tertiary alicyclic amines) is 1. The maximum Gasteiger partial charge on any atom is 0.321 e. The van der Waals surface area contributed by atoms with Crippen molar-refractivity contribution in [3.05, 3.63) is 23.8 Å². The van der Waals surface area contributed by atoms with Crippen molar-refractivity contribution in [2.24, 2.45) is 0 Å². The molecule has 1 spiro atoms. The van der Waals surface area contributed by atoms with Crippen molar-refractivity contribution in [1.82, 2.24) is 10.2 Å². The van der Waals surface area contributed by atoms with E-state index in [4.69, 9.17) is 9.47 Å². The quantitative estimate of drug-likeness (QED) is 0.848. The van der Waals surface area contributed by atoms with E-state index < -0.39 is 0 Å². The summed E-state index contributed by atoms with van der Waals surface area (Å²) in [7, 11) is 1.60. The topological polar surface area (TPSA) is 79.9 Å². The number of nitrogens with zero attached hydrogens (tertiary/aromatic N) is 1. The van der Waals surface area contributed by atoms with Crippen LogP contribution in [0.1, 0.15) is 38.2 Å². The van der Waals surface area contributed by atoms with Crippen molar-refractivity contribution >= 4 is 17.6 Å². The molecule has 0 bridgehead atoms. The molecule has 7 heteroatoms. The standard InChI is InChI=1S/C20H29N3O4/c1-14-4-5-18(26-3)17(12-14)22-19(25)23-10-8-20(9-11-23)7-6-16(27-20)13-21-15(2)24/h4-5,12,16H,6-11,13H2,1-3H3,(H,21,24)(H,22,25)/t16-/m1/s1. The van der Waals surface area contributed by atoms with E-state index in [2.05, 4.69) is 10.6 Å². The fourth-order valence-electron chi connectivity index (χ4n) is 3.90. The molecule has 0 unspecified atom stereocenters. The molecule has 2 N–H and O–H groups in total. The fourth-order valence-corrected chi connectivity index (χ4v) is 3.90. The molecule has 2 fully saturated rings. The first-order chi connectivity index (χ1) is 12.9. The minimum Gasteiger partial charge on any atom is -0.495 e. The number of hydrogen-bond acceptors (Lipinski definition) is 4. The lowest BCUT2D eigenvalue weighted by molar-refractivity contribution is -0.120. The van der Waals surface area contributed by atoms with Gasteiger partial charge in [0.25, 0.3) is 0 Å². The van der Waals surface area contributed by atoms with Gasteiger partial charge in [-0.05, 0) is 50.3 Å². The number of nitrogens with one attached hydrogen (secondary N) is 2. The molecule has 0 saturated carbocycles. The van der Waals surface area contributed by atoms with Gasteiger partial charge in [-0.3, -0.25) is 4.79 Å². The second kappa shape index (κ2) is 8.17. The third-order valence-corrected chi connectivity index (χ3v) is 5.48. The van der Waals surface area contributed by atoms with Gasteiger partial charge in [-0.2, -0.15) is 0 Å². The largest absolute Gasteiger partial charge is 0.495 e. The van der Waals surface area contributed by atoms with Crippen molar-refractivity contribution in [2.75, 3.05) is 32.1 Å². The average Bonchev–Trinajstić information content (AvgIpc) is 3.03. The van der Waals surface area contributed by atoms with Crippen molar-refractivity contribution in [2.45, 2.75) is 51.2 Å². The fraction of sp³-hybridized carbons (Fsp3) is 0.600. The van der Waals surface area contributed by atoms with Gasteiger partial charge in [-0.25, -0.2) is 4.79 Å². The van der Waals surface area contributed by atoms with E-state index >= 15 is 0 Å². The normalized spacial score (nSPS) is 21.1. The average molecular weight is 375 g/mol. The van der Waals surface area contributed by atoms with E-state index in [1.165, 1.54) is 6.92 Å². The molecule has 2 saturated heterocycles. The van der Waals surface area contributed by atoms with Crippen LogP contribution in [0.2, 0.25) is 0 Å². The minimum atomic E-state index is -0.152. The Kier molecular flexibility index (Phi) is 5.89. The zero-order valence-corrected chi connectivity index (χ0v) is 16.3. The Hall–Kier alpha value is -2.28. The number of amides is 3. The summed E-state index contributed by atoms with van der Waals surface area (Å²) < 4.78 is 11.6. The van der Waals surface area contributed by atoms with Crippen molar-refractivity contribution in [1.29, 1.82) is 0 Å². The molecule has 148 valence electrons. The molecular formula is C20H29N3O4. The van der Waals surface area contributed by atoms with Crippen molar-refractivity contribution in [3.63, 3.8) is 0 Å². The van der Waals surface area contributed by atoms with Crippen molar-refractivity contribution in [3.8, 4) is 5.75 Å². The van der Waals surface area contributed by atoms with Crippen LogP contribution in [0, 0.1) is 6.92 Å². The lowest BCUT2D eigenvalue weighted by Crippen LogP contribution is -2.48. The van der Waals surface area contributed by atoms with Crippen LogP contribution in [0.15, 0.2) is 18.2 Å². The molecule has 27 heavy (non-hydrogen) atoms. The number of urea groups is 1. The van der Waals surface area contributed by atoms with Crippen LogP contribution in [0.4, 0.5) is 10.5 Å². The zero-order chi connectivity index (χ0) is 19.4. The van der Waals surface area contributed by atoms with E-state index in [-0.39, 0.29) is 23.6 Å². The van der Waals surface area contributed by atoms with E-state index in [1.54, 1.807) is 7.11 Å². The molecule has 0 radical (unpaired) electrons. The molecule has 2 aliphatic rings. The number of methoxy groups -OCH3 is 1. The highest BCUT2D eigenvalue weighted by molar-refractivity contribution is 5.91. The third kappa shape index (κ3) is 4.71. The lowest BCUT2D eigenvalue weighted by Gasteiger charge is -2.39. The number of benzene rings is 1. The van der Waals surface area contributed by atoms with E-state index in [0.717, 1.165) is 31.2 Å². The van der Waals surface area contributed by atoms with Crippen LogP contribution in [-0.2, 0) is 9.53 Å². The van der Waals surface area contributed by atoms with E-state index in [9.17, 15) is 9.59 Å². The summed E-state index contributed by atoms with van der Waals surface area (Å²) in [5.41, 5.74) is 1.60. The number of carbonyl (C=O) groups excluding carboxylic acids is 2. The zero-order valence-electron chi connectivity index (χ0n) is 16.3. The molecule has 0 aliphatic carbocycles. The number of aryl methyl sites for hydroxylation is 1. The first-order valence-electron chi connectivity index (χ1n) is 9.54. The van der Waals surface area contributed by atoms with Crippen LogP contribution in [-0.4, -0.2) is 55.3 Å². The third-order valence-electron chi connectivity index (χ3n) is 5.48. The van der Waals surface area contributed by atoms with Gasteiger partial charge in [0.2, 0.25) is 5.91 Å². The van der Waals surface area contributed by atoms with Gasteiger partial charge in [-0.1, -0.05) is 6.07 Å². The maximum atomic E-state index is 12.7. The molecule has 3 rings (SSSR count). The summed E-state index contributed by atoms with van der Waals surface area (Å²) in [6.45, 7) is 5.38. The lowest BCUT2D eigenvalue weighted by atomic mass is 9.88. The number of ether oxygens (including phenoxy) is 2. The number of rotatable bonds is 4. The van der Waals surface area contributed by atoms with Gasteiger partial charge in [0, 0.05) is 26.6 Å². The number of piperidine rings is 1. The Bertz CT molecular complexity index is 698. The SMILES string of the molecule is COc1ccc(C)cc1NC(=O)N1CCC2(CC[C@H](CNC(C)=O)O2)CC1. The van der Waals surface area contributed by atoms with E-state index in [1.807, 2.05) is 30.0 Å². The Balaban J connectivity index is 1.53. The highest BCUT2D eigenvalue weighted by Crippen LogP contribution is 2.39. The molecule has 2 heterocycles. The summed E-state index contributed by atoms with van der Waals surface area (Å²) in [4.78, 5) is 25.6. The second-order valence-corrected chi connectivity index (χ2v) is 7.52. The van der Waals surface area contributed by atoms with Crippen LogP contribution in [0.3, 0.4) is 0 Å². The van der Waals surface area contributed by atoms with Crippen molar-refractivity contribution < 1.29 is 19.1 Å². The van der Waals surface area contributed by atoms with Gasteiger partial charge in [0.1, 0.15) is 5.75 Å². The smallest absolute Gasteiger partial charge is 0.321 e. The molecule has 1 atom stereocenters. The van der Waals surface area contributed by atoms with Crippen LogP contribution >= 0.6 is 0 Å². The number of carbonyl (C=O) groups is 2. The Morgan fingerprint density at radius 2 is 2.04 bits per heavy atom. The number of hydrogen-bond donors (Lipinski definition) is 2. The summed E-state index contributed by atoms with van der Waals surface area (Å²) in [5, 5.41) is 5.79. The van der Waals surface area contributed by atoms with Gasteiger partial charge in [-0.15, -0.1) is 0 Å². The maximum absolute atomic E-state index is 12.7. The first-order valence-corrected chi connectivity index (χ1v) is 9.54. The Morgan fingerprint density at radius 3 is 2.70 bits per heavy atom. The van der Waals surface area contributed by atoms with Gasteiger partial charge < -0.3 is 25.0 Å². The monoisotopic (exact) mass is 375 g/mol. The molecule has 1 aromatic rings. The van der Waals surface area contributed by atoms with Crippen LogP contribution < -0.4 is 15.4 Å². The van der Waals surface area contributed by atoms with E-state index in [0.29, 0.717) is 31.1 Å². The summed E-state index contributed by atoms with van der Waals surface area (Å²) in [6, 6.07) is 5.61. The second-order valence-electron chi connectivity index (χ2n) is 7.52. The van der Waals surface area contributed by atoms with Crippen LogP contribution in [0.25, 0.3) is 0 Å². The first kappa shape index (κ1) is 19.5. The van der Waals surface area contributed by atoms with Crippen LogP contribution in [0.5, 0.6) is 5.75 Å². The summed E-state index contributed by atoms with van der Waals surface area (Å²) in [5.74, 6) is 0.625. The Morgan fingerprint density at radius 1 is 1.30 bits per heavy atom. The highest BCUT2D eigenvalue weighted by Gasteiger charge is 2.43. The molecular weight excluding hydrogens is 346 g/mol. The van der Waals surface area contributed by atoms with Gasteiger partial charge >= 0.3 is 6.03 Å².